The summed E-state index contributed by atoms with van der Waals surface area (Å²) in [6.07, 6.45) is 1.81. The Labute approximate surface area is 175 Å². The van der Waals surface area contributed by atoms with E-state index in [0.29, 0.717) is 36.2 Å². The summed E-state index contributed by atoms with van der Waals surface area (Å²) in [6, 6.07) is 14.5. The molecule has 0 saturated carbocycles. The zero-order valence-electron chi connectivity index (χ0n) is 16.4. The van der Waals surface area contributed by atoms with Crippen molar-refractivity contribution < 1.29 is 19.1 Å². The van der Waals surface area contributed by atoms with Gasteiger partial charge in [-0.3, -0.25) is 9.59 Å². The minimum atomic E-state index is -0.272. The highest BCUT2D eigenvalue weighted by molar-refractivity contribution is 6.31. The van der Waals surface area contributed by atoms with Crippen LogP contribution in [0, 0.1) is 5.92 Å². The number of benzene rings is 2. The lowest BCUT2D eigenvalue weighted by atomic mass is 9.96. The Morgan fingerprint density at radius 2 is 2.00 bits per heavy atom. The van der Waals surface area contributed by atoms with Crippen LogP contribution in [0.15, 0.2) is 48.5 Å². The van der Waals surface area contributed by atoms with Crippen molar-refractivity contribution in [3.63, 3.8) is 0 Å². The minimum Gasteiger partial charge on any atom is -0.495 e. The van der Waals surface area contributed by atoms with Gasteiger partial charge in [0.2, 0.25) is 11.8 Å². The molecule has 3 rings (SSSR count). The third kappa shape index (κ3) is 5.87. The van der Waals surface area contributed by atoms with Crippen molar-refractivity contribution in [2.75, 3.05) is 32.1 Å². The highest BCUT2D eigenvalue weighted by Gasteiger charge is 2.28. The molecule has 6 nitrogen and oxygen atoms in total. The first-order valence-electron chi connectivity index (χ1n) is 9.67. The molecule has 1 unspecified atom stereocenters. The third-order valence-corrected chi connectivity index (χ3v) is 5.13. The average molecular weight is 417 g/mol. The van der Waals surface area contributed by atoms with Gasteiger partial charge in [0, 0.05) is 18.1 Å². The van der Waals surface area contributed by atoms with Crippen LogP contribution in [0.3, 0.4) is 0 Å². The molecule has 1 N–H and O–H groups in total. The number of piperidine rings is 1. The van der Waals surface area contributed by atoms with Crippen LogP contribution < -0.4 is 14.8 Å². The maximum absolute atomic E-state index is 12.7. The van der Waals surface area contributed by atoms with Crippen LogP contribution in [-0.4, -0.2) is 43.5 Å². The second kappa shape index (κ2) is 10.2. The first-order chi connectivity index (χ1) is 14.1. The normalized spacial score (nSPS) is 16.2. The smallest absolute Gasteiger partial charge is 0.229 e. The maximum atomic E-state index is 12.7. The summed E-state index contributed by atoms with van der Waals surface area (Å²) in [5.41, 5.74) is 0.532. The standard InChI is InChI=1S/C22H25ClN2O4/c1-28-20-10-9-17(23)14-19(20)24-22(27)16-6-5-12-25(15-16)21(26)11-13-29-18-7-3-2-4-8-18/h2-4,7-10,14,16H,5-6,11-13,15H2,1H3,(H,24,27). The quantitative estimate of drug-likeness (QED) is 0.740. The molecule has 0 aliphatic carbocycles. The molecule has 154 valence electrons. The highest BCUT2D eigenvalue weighted by atomic mass is 35.5. The van der Waals surface area contributed by atoms with Crippen molar-refractivity contribution in [3.8, 4) is 11.5 Å². The summed E-state index contributed by atoms with van der Waals surface area (Å²) in [5, 5.41) is 3.40. The molecule has 1 fully saturated rings. The number of rotatable bonds is 7. The van der Waals surface area contributed by atoms with Gasteiger partial charge in [0.1, 0.15) is 11.5 Å². The molecule has 1 aliphatic rings. The average Bonchev–Trinajstić information content (AvgIpc) is 2.74. The van der Waals surface area contributed by atoms with Gasteiger partial charge in [-0.1, -0.05) is 29.8 Å². The number of halogens is 1. The van der Waals surface area contributed by atoms with Gasteiger partial charge in [0.15, 0.2) is 0 Å². The van der Waals surface area contributed by atoms with Crippen LogP contribution in [0.25, 0.3) is 0 Å². The van der Waals surface area contributed by atoms with Crippen LogP contribution in [0.1, 0.15) is 19.3 Å². The van der Waals surface area contributed by atoms with Gasteiger partial charge in [0.05, 0.1) is 31.7 Å². The Kier molecular flexibility index (Phi) is 7.36. The molecule has 2 aromatic rings. The first-order valence-corrected chi connectivity index (χ1v) is 10.0. The summed E-state index contributed by atoms with van der Waals surface area (Å²) in [6.45, 7) is 1.38. The van der Waals surface area contributed by atoms with Gasteiger partial charge in [-0.05, 0) is 43.2 Å². The van der Waals surface area contributed by atoms with Crippen molar-refractivity contribution >= 4 is 29.1 Å². The SMILES string of the molecule is COc1ccc(Cl)cc1NC(=O)C1CCCN(C(=O)CCOc2ccccc2)C1. The van der Waals surface area contributed by atoms with E-state index in [0.717, 1.165) is 18.6 Å². The molecule has 0 spiro atoms. The molecule has 2 aromatic carbocycles. The lowest BCUT2D eigenvalue weighted by molar-refractivity contribution is -0.135. The molecule has 7 heteroatoms. The van der Waals surface area contributed by atoms with E-state index in [1.165, 1.54) is 7.11 Å². The molecule has 1 saturated heterocycles. The predicted octanol–water partition coefficient (Wildman–Crippen LogP) is 3.99. The van der Waals surface area contributed by atoms with E-state index in [4.69, 9.17) is 21.1 Å². The summed E-state index contributed by atoms with van der Waals surface area (Å²) in [7, 11) is 1.54. The molecule has 1 heterocycles. The van der Waals surface area contributed by atoms with Gasteiger partial charge in [-0.25, -0.2) is 0 Å². The summed E-state index contributed by atoms with van der Waals surface area (Å²) >= 11 is 6.03. The van der Waals surface area contributed by atoms with Crippen molar-refractivity contribution in [2.24, 2.45) is 5.92 Å². The highest BCUT2D eigenvalue weighted by Crippen LogP contribution is 2.29. The number of anilines is 1. The van der Waals surface area contributed by atoms with Crippen LogP contribution in [0.5, 0.6) is 11.5 Å². The van der Waals surface area contributed by atoms with Crippen LogP contribution in [0.4, 0.5) is 5.69 Å². The lowest BCUT2D eigenvalue weighted by Gasteiger charge is -2.32. The Morgan fingerprint density at radius 1 is 1.21 bits per heavy atom. The summed E-state index contributed by atoms with van der Waals surface area (Å²) < 4.78 is 10.9. The summed E-state index contributed by atoms with van der Waals surface area (Å²) in [5.74, 6) is 0.880. The first kappa shape index (κ1) is 21.0. The fourth-order valence-corrected chi connectivity index (χ4v) is 3.53. The molecule has 2 amide bonds. The van der Waals surface area contributed by atoms with Gasteiger partial charge in [-0.2, -0.15) is 0 Å². The Morgan fingerprint density at radius 3 is 2.76 bits per heavy atom. The van der Waals surface area contributed by atoms with Crippen LogP contribution in [0.2, 0.25) is 5.02 Å². The number of amides is 2. The van der Waals surface area contributed by atoms with Crippen molar-refractivity contribution in [3.05, 3.63) is 53.6 Å². The fraction of sp³-hybridized carbons (Fsp3) is 0.364. The van der Waals surface area contributed by atoms with E-state index in [-0.39, 0.29) is 24.2 Å². The number of hydrogen-bond donors (Lipinski definition) is 1. The van der Waals surface area contributed by atoms with Crippen molar-refractivity contribution in [1.29, 1.82) is 0 Å². The van der Waals surface area contributed by atoms with Crippen molar-refractivity contribution in [1.82, 2.24) is 4.90 Å². The van der Waals surface area contributed by atoms with Gasteiger partial charge in [0.25, 0.3) is 0 Å². The molecule has 29 heavy (non-hydrogen) atoms. The fourth-order valence-electron chi connectivity index (χ4n) is 3.36. The second-order valence-electron chi connectivity index (χ2n) is 6.92. The monoisotopic (exact) mass is 416 g/mol. The van der Waals surface area contributed by atoms with E-state index in [2.05, 4.69) is 5.32 Å². The number of carbonyl (C=O) groups excluding carboxylic acids is 2. The number of nitrogens with zero attached hydrogens (tertiary/aromatic N) is 1. The molecular formula is C22H25ClN2O4. The van der Waals surface area contributed by atoms with Gasteiger partial charge in [-0.15, -0.1) is 0 Å². The van der Waals surface area contributed by atoms with E-state index in [1.807, 2.05) is 30.3 Å². The molecular weight excluding hydrogens is 392 g/mol. The molecule has 1 atom stereocenters. The number of hydrogen-bond acceptors (Lipinski definition) is 4. The van der Waals surface area contributed by atoms with Gasteiger partial charge < -0.3 is 19.7 Å². The summed E-state index contributed by atoms with van der Waals surface area (Å²) in [4.78, 5) is 27.0. The third-order valence-electron chi connectivity index (χ3n) is 4.89. The van der Waals surface area contributed by atoms with E-state index >= 15 is 0 Å². The van der Waals surface area contributed by atoms with Gasteiger partial charge >= 0.3 is 0 Å². The molecule has 1 aliphatic heterocycles. The minimum absolute atomic E-state index is 0.00114. The molecule has 0 aromatic heterocycles. The molecule has 0 bridgehead atoms. The zero-order chi connectivity index (χ0) is 20.6. The number of ether oxygens (including phenoxy) is 2. The number of methoxy groups -OCH3 is 1. The largest absolute Gasteiger partial charge is 0.495 e. The predicted molar refractivity (Wildman–Crippen MR) is 112 cm³/mol. The zero-order valence-corrected chi connectivity index (χ0v) is 17.2. The number of carbonyl (C=O) groups is 2. The number of likely N-dealkylation sites (tertiary alicyclic amines) is 1. The Bertz CT molecular complexity index is 844. The molecule has 0 radical (unpaired) electrons. The number of para-hydroxylation sites is 1. The van der Waals surface area contributed by atoms with E-state index in [1.54, 1.807) is 23.1 Å². The van der Waals surface area contributed by atoms with Crippen LogP contribution >= 0.6 is 11.6 Å². The second-order valence-corrected chi connectivity index (χ2v) is 7.36. The Hall–Kier alpha value is -2.73. The lowest BCUT2D eigenvalue weighted by Crippen LogP contribution is -2.44. The van der Waals surface area contributed by atoms with Crippen molar-refractivity contribution in [2.45, 2.75) is 19.3 Å². The number of nitrogens with one attached hydrogen (secondary N) is 1. The Balaban J connectivity index is 1.52. The topological polar surface area (TPSA) is 67.9 Å². The van der Waals surface area contributed by atoms with E-state index < -0.39 is 0 Å². The van der Waals surface area contributed by atoms with E-state index in [9.17, 15) is 9.59 Å². The maximum Gasteiger partial charge on any atom is 0.229 e. The van der Waals surface area contributed by atoms with Crippen LogP contribution in [-0.2, 0) is 9.59 Å².